The molecule has 7 heteroatoms. The van der Waals surface area contributed by atoms with E-state index >= 15 is 0 Å². The van der Waals surface area contributed by atoms with E-state index in [4.69, 9.17) is 0 Å². The number of nitrogens with one attached hydrogen (secondary N) is 2. The van der Waals surface area contributed by atoms with Crippen molar-refractivity contribution in [2.24, 2.45) is 0 Å². The number of fused-ring (bicyclic) bond motifs is 2. The van der Waals surface area contributed by atoms with Crippen molar-refractivity contribution in [3.8, 4) is 0 Å². The first-order valence-corrected chi connectivity index (χ1v) is 7.47. The molecule has 0 saturated heterocycles. The predicted octanol–water partition coefficient (Wildman–Crippen LogP) is 0.774. The van der Waals surface area contributed by atoms with Gasteiger partial charge in [-0.05, 0) is 6.07 Å². The van der Waals surface area contributed by atoms with E-state index in [9.17, 15) is 9.59 Å². The number of carbonyl (C=O) groups is 1. The Kier molecular flexibility index (Phi) is 3.18. The van der Waals surface area contributed by atoms with Gasteiger partial charge in [-0.1, -0.05) is 18.2 Å². The highest BCUT2D eigenvalue weighted by molar-refractivity contribution is 5.88. The first-order chi connectivity index (χ1) is 11.2. The van der Waals surface area contributed by atoms with Gasteiger partial charge < -0.3 is 9.88 Å². The summed E-state index contributed by atoms with van der Waals surface area (Å²) >= 11 is 0. The van der Waals surface area contributed by atoms with Crippen molar-refractivity contribution in [2.45, 2.75) is 19.4 Å². The predicted molar refractivity (Wildman–Crippen MR) is 83.8 cm³/mol. The Hall–Kier alpha value is -2.96. The Morgan fingerprint density at radius 2 is 2.09 bits per heavy atom. The maximum atomic E-state index is 12.6. The van der Waals surface area contributed by atoms with Gasteiger partial charge in [-0.2, -0.15) is 5.10 Å². The molecule has 3 aromatic rings. The Labute approximate surface area is 131 Å². The zero-order valence-corrected chi connectivity index (χ0v) is 12.4. The molecular formula is C16H15N5O2. The fourth-order valence-corrected chi connectivity index (χ4v) is 2.99. The number of benzene rings is 1. The molecule has 1 aromatic carbocycles. The van der Waals surface area contributed by atoms with Gasteiger partial charge in [0, 0.05) is 18.4 Å². The van der Waals surface area contributed by atoms with Crippen LogP contribution in [-0.4, -0.2) is 37.5 Å². The molecule has 1 aliphatic heterocycles. The lowest BCUT2D eigenvalue weighted by atomic mass is 10.1. The monoisotopic (exact) mass is 309 g/mol. The second-order valence-corrected chi connectivity index (χ2v) is 5.61. The number of aromatic nitrogens is 4. The molecule has 23 heavy (non-hydrogen) atoms. The first-order valence-electron chi connectivity index (χ1n) is 7.47. The minimum Gasteiger partial charge on any atom is -0.347 e. The van der Waals surface area contributed by atoms with Gasteiger partial charge in [0.15, 0.2) is 0 Å². The summed E-state index contributed by atoms with van der Waals surface area (Å²) in [5.74, 6) is -0.00467. The van der Waals surface area contributed by atoms with Crippen LogP contribution in [-0.2, 0) is 24.2 Å². The van der Waals surface area contributed by atoms with Crippen molar-refractivity contribution in [3.63, 3.8) is 0 Å². The number of H-pyrrole nitrogens is 2. The summed E-state index contributed by atoms with van der Waals surface area (Å²) < 4.78 is 0. The summed E-state index contributed by atoms with van der Waals surface area (Å²) in [6.07, 6.45) is 2.58. The number of amides is 1. The zero-order chi connectivity index (χ0) is 15.8. The topological polar surface area (TPSA) is 94.7 Å². The lowest BCUT2D eigenvalue weighted by Crippen LogP contribution is -2.37. The molecule has 0 fully saturated rings. The SMILES string of the molecule is O=C(Cc1n[nH]c(=O)c2ccccc12)N1CCc2nc[nH]c2C1. The number of carbonyl (C=O) groups excluding carboxylic acids is 1. The summed E-state index contributed by atoms with van der Waals surface area (Å²) in [7, 11) is 0. The second kappa shape index (κ2) is 5.35. The molecule has 4 rings (SSSR count). The van der Waals surface area contributed by atoms with E-state index in [0.717, 1.165) is 23.2 Å². The highest BCUT2D eigenvalue weighted by Gasteiger charge is 2.23. The fraction of sp³-hybridized carbons (Fsp3) is 0.250. The minimum atomic E-state index is -0.239. The molecule has 0 unspecified atom stereocenters. The Morgan fingerprint density at radius 1 is 1.26 bits per heavy atom. The van der Waals surface area contributed by atoms with E-state index in [-0.39, 0.29) is 17.9 Å². The highest BCUT2D eigenvalue weighted by Crippen LogP contribution is 2.18. The quantitative estimate of drug-likeness (QED) is 0.731. The van der Waals surface area contributed by atoms with Crippen LogP contribution >= 0.6 is 0 Å². The summed E-state index contributed by atoms with van der Waals surface area (Å²) in [5, 5.41) is 7.82. The number of aromatic amines is 2. The van der Waals surface area contributed by atoms with Crippen LogP contribution in [0.15, 0.2) is 35.4 Å². The standard InChI is InChI=1S/C16H15N5O2/c22-15(21-6-5-12-14(8-21)18-9-17-12)7-13-10-3-1-2-4-11(10)16(23)20-19-13/h1-4,9H,5-8H2,(H,17,18)(H,20,23). The van der Waals surface area contributed by atoms with Crippen molar-refractivity contribution in [1.82, 2.24) is 25.1 Å². The van der Waals surface area contributed by atoms with Crippen molar-refractivity contribution in [2.75, 3.05) is 6.54 Å². The molecule has 7 nitrogen and oxygen atoms in total. The van der Waals surface area contributed by atoms with Crippen LogP contribution in [0.4, 0.5) is 0 Å². The number of rotatable bonds is 2. The Balaban J connectivity index is 1.60. The molecule has 1 amide bonds. The Morgan fingerprint density at radius 3 is 2.96 bits per heavy atom. The molecular weight excluding hydrogens is 294 g/mol. The van der Waals surface area contributed by atoms with Gasteiger partial charge in [0.05, 0.1) is 41.8 Å². The molecule has 0 radical (unpaired) electrons. The molecule has 2 N–H and O–H groups in total. The van der Waals surface area contributed by atoms with Gasteiger partial charge in [0.1, 0.15) is 0 Å². The van der Waals surface area contributed by atoms with Gasteiger partial charge in [0.25, 0.3) is 5.56 Å². The first kappa shape index (κ1) is 13.7. The van der Waals surface area contributed by atoms with E-state index in [0.29, 0.717) is 24.2 Å². The highest BCUT2D eigenvalue weighted by atomic mass is 16.2. The van der Waals surface area contributed by atoms with Crippen LogP contribution in [0.3, 0.4) is 0 Å². The number of nitrogens with zero attached hydrogens (tertiary/aromatic N) is 3. The normalized spacial score (nSPS) is 14.0. The van der Waals surface area contributed by atoms with Crippen LogP contribution < -0.4 is 5.56 Å². The molecule has 116 valence electrons. The van der Waals surface area contributed by atoms with Crippen molar-refractivity contribution >= 4 is 16.7 Å². The van der Waals surface area contributed by atoms with E-state index in [1.807, 2.05) is 12.1 Å². The average molecular weight is 309 g/mol. The van der Waals surface area contributed by atoms with Crippen molar-refractivity contribution in [3.05, 3.63) is 58.0 Å². The molecule has 0 atom stereocenters. The second-order valence-electron chi connectivity index (χ2n) is 5.61. The van der Waals surface area contributed by atoms with Gasteiger partial charge >= 0.3 is 0 Å². The van der Waals surface area contributed by atoms with Crippen LogP contribution in [0.5, 0.6) is 0 Å². The van der Waals surface area contributed by atoms with Crippen molar-refractivity contribution in [1.29, 1.82) is 0 Å². The third-order valence-electron chi connectivity index (χ3n) is 4.22. The third-order valence-corrected chi connectivity index (χ3v) is 4.22. The van der Waals surface area contributed by atoms with Crippen LogP contribution in [0.2, 0.25) is 0 Å². The third kappa shape index (κ3) is 2.40. The molecule has 2 aromatic heterocycles. The Bertz CT molecular complexity index is 943. The van der Waals surface area contributed by atoms with Crippen LogP contribution in [0.25, 0.3) is 10.8 Å². The fourth-order valence-electron chi connectivity index (χ4n) is 2.99. The molecule has 0 spiro atoms. The molecule has 1 aliphatic rings. The van der Waals surface area contributed by atoms with Gasteiger partial charge in [-0.15, -0.1) is 0 Å². The van der Waals surface area contributed by atoms with Gasteiger partial charge in [-0.25, -0.2) is 10.1 Å². The van der Waals surface area contributed by atoms with E-state index in [2.05, 4.69) is 20.2 Å². The number of hydrogen-bond donors (Lipinski definition) is 2. The summed E-state index contributed by atoms with van der Waals surface area (Å²) in [4.78, 5) is 33.5. The molecule has 0 bridgehead atoms. The summed E-state index contributed by atoms with van der Waals surface area (Å²) in [6.45, 7) is 1.19. The van der Waals surface area contributed by atoms with E-state index in [1.165, 1.54) is 0 Å². The van der Waals surface area contributed by atoms with Crippen LogP contribution in [0.1, 0.15) is 17.1 Å². The average Bonchev–Trinajstić information content (AvgIpc) is 3.05. The largest absolute Gasteiger partial charge is 0.347 e. The van der Waals surface area contributed by atoms with Gasteiger partial charge in [0.2, 0.25) is 5.91 Å². The van der Waals surface area contributed by atoms with Crippen molar-refractivity contribution < 1.29 is 4.79 Å². The zero-order valence-electron chi connectivity index (χ0n) is 12.4. The molecule has 0 saturated carbocycles. The molecule has 3 heterocycles. The smallest absolute Gasteiger partial charge is 0.272 e. The maximum absolute atomic E-state index is 12.6. The summed E-state index contributed by atoms with van der Waals surface area (Å²) in [6, 6.07) is 7.20. The lowest BCUT2D eigenvalue weighted by molar-refractivity contribution is -0.131. The number of hydrogen-bond acceptors (Lipinski definition) is 4. The van der Waals surface area contributed by atoms with E-state index in [1.54, 1.807) is 23.4 Å². The van der Waals surface area contributed by atoms with E-state index < -0.39 is 0 Å². The number of imidazole rings is 1. The summed E-state index contributed by atoms with van der Waals surface area (Å²) in [5.41, 5.74) is 2.38. The van der Waals surface area contributed by atoms with Crippen LogP contribution in [0, 0.1) is 0 Å². The lowest BCUT2D eigenvalue weighted by Gasteiger charge is -2.26. The minimum absolute atomic E-state index is 0.00467. The molecule has 0 aliphatic carbocycles. The van der Waals surface area contributed by atoms with Gasteiger partial charge in [-0.3, -0.25) is 9.59 Å². The maximum Gasteiger partial charge on any atom is 0.272 e.